The summed E-state index contributed by atoms with van der Waals surface area (Å²) in [6.45, 7) is 0. The fourth-order valence-electron chi connectivity index (χ4n) is 5.46. The van der Waals surface area contributed by atoms with Gasteiger partial charge in [-0.2, -0.15) is 0 Å². The van der Waals surface area contributed by atoms with E-state index in [2.05, 4.69) is 39.1 Å². The third-order valence-electron chi connectivity index (χ3n) is 7.64. The average Bonchev–Trinajstić information content (AvgIpc) is 3.26. The molecule has 3 heterocycles. The Morgan fingerprint density at radius 2 is 1.66 bits per heavy atom. The minimum atomic E-state index is -0.378. The van der Waals surface area contributed by atoms with Crippen LogP contribution in [0.1, 0.15) is 24.8 Å². The number of nitrogens with two attached hydrogens (primary N) is 1. The average molecular weight is 610 g/mol. The molecular weight excluding hydrogens is 583 g/mol. The molecule has 11 heteroatoms. The van der Waals surface area contributed by atoms with Gasteiger partial charge in [-0.25, -0.2) is 9.97 Å². The Morgan fingerprint density at radius 3 is 2.37 bits per heavy atom. The standard InChI is InChI=1S/C30H24N6O2.3ClH/c31-30(15-5-16-30)21-13-11-19(12-14-21)27-26(20-6-3-7-22(18-20)36(37)38)34-29-23-8-1-2-9-24(23)33-28-25(35(27)29)10-4-17-32-28;;;/h1-4,6-14,17-18H,5,15-16,31H2,(H,32,33);3*1H. The molecule has 0 atom stereocenters. The lowest BCUT2D eigenvalue weighted by atomic mass is 9.72. The monoisotopic (exact) mass is 608 g/mol. The summed E-state index contributed by atoms with van der Waals surface area (Å²) in [5.74, 6) is 1.43. The van der Waals surface area contributed by atoms with Crippen LogP contribution in [0.25, 0.3) is 39.6 Å². The molecule has 0 spiro atoms. The van der Waals surface area contributed by atoms with E-state index in [9.17, 15) is 10.1 Å². The van der Waals surface area contributed by atoms with E-state index in [1.165, 1.54) is 6.07 Å². The summed E-state index contributed by atoms with van der Waals surface area (Å²) in [4.78, 5) is 21.0. The van der Waals surface area contributed by atoms with Gasteiger partial charge < -0.3 is 11.1 Å². The molecule has 5 aromatic rings. The Kier molecular flexibility index (Phi) is 8.42. The number of pyridine rings is 1. The Balaban J connectivity index is 0.00000129. The Hall–Kier alpha value is -3.95. The van der Waals surface area contributed by atoms with Gasteiger partial charge in [0, 0.05) is 40.6 Å². The lowest BCUT2D eigenvalue weighted by Crippen LogP contribution is -2.43. The van der Waals surface area contributed by atoms with Gasteiger partial charge in [0.1, 0.15) is 5.82 Å². The maximum atomic E-state index is 11.6. The van der Waals surface area contributed by atoms with Gasteiger partial charge in [0.05, 0.1) is 27.7 Å². The van der Waals surface area contributed by atoms with Crippen molar-refractivity contribution in [2.75, 3.05) is 5.32 Å². The highest BCUT2D eigenvalue weighted by Crippen LogP contribution is 2.45. The molecule has 1 aliphatic carbocycles. The SMILES string of the molecule is Cl.Cl.Cl.NC1(c2ccc(-c3c(-c4cccc([N+](=O)[O-])c4)nc4n3-c3cccnc3Nc3ccccc3-4)cc2)CCC1. The third-order valence-corrected chi connectivity index (χ3v) is 7.64. The molecule has 0 unspecified atom stereocenters. The second kappa shape index (κ2) is 11.5. The number of para-hydroxylation sites is 1. The van der Waals surface area contributed by atoms with E-state index in [4.69, 9.17) is 10.7 Å². The van der Waals surface area contributed by atoms with Crippen LogP contribution in [0.5, 0.6) is 0 Å². The maximum absolute atomic E-state index is 11.6. The second-order valence-electron chi connectivity index (χ2n) is 9.90. The van der Waals surface area contributed by atoms with Gasteiger partial charge in [-0.05, 0) is 49.1 Å². The number of aromatic nitrogens is 3. The first-order valence-corrected chi connectivity index (χ1v) is 12.6. The lowest BCUT2D eigenvalue weighted by Gasteiger charge is -2.38. The number of imidazole rings is 1. The van der Waals surface area contributed by atoms with E-state index in [1.54, 1.807) is 18.3 Å². The van der Waals surface area contributed by atoms with Crippen molar-refractivity contribution < 1.29 is 4.92 Å². The zero-order valence-electron chi connectivity index (χ0n) is 21.7. The van der Waals surface area contributed by atoms with E-state index in [0.717, 1.165) is 58.8 Å². The number of fused-ring (bicyclic) bond motifs is 5. The van der Waals surface area contributed by atoms with Gasteiger partial charge in [0.2, 0.25) is 0 Å². The highest BCUT2D eigenvalue weighted by molar-refractivity contribution is 5.91. The molecule has 8 nitrogen and oxygen atoms in total. The molecule has 41 heavy (non-hydrogen) atoms. The molecule has 2 aliphatic rings. The van der Waals surface area contributed by atoms with Crippen molar-refractivity contribution in [3.05, 3.63) is 107 Å². The van der Waals surface area contributed by atoms with Crippen molar-refractivity contribution in [2.45, 2.75) is 24.8 Å². The molecule has 1 fully saturated rings. The molecule has 0 bridgehead atoms. The van der Waals surface area contributed by atoms with E-state index >= 15 is 0 Å². The van der Waals surface area contributed by atoms with Crippen LogP contribution < -0.4 is 11.1 Å². The van der Waals surface area contributed by atoms with Gasteiger partial charge in [-0.15, -0.1) is 37.2 Å². The number of rotatable bonds is 4. The van der Waals surface area contributed by atoms with Gasteiger partial charge in [-0.3, -0.25) is 14.7 Å². The number of non-ortho nitro benzene ring substituents is 1. The number of nitrogens with zero attached hydrogens (tertiary/aromatic N) is 4. The van der Waals surface area contributed by atoms with Crippen molar-refractivity contribution in [2.24, 2.45) is 5.73 Å². The topological polar surface area (TPSA) is 112 Å². The molecule has 0 saturated heterocycles. The van der Waals surface area contributed by atoms with Crippen LogP contribution in [-0.2, 0) is 5.54 Å². The van der Waals surface area contributed by atoms with Gasteiger partial charge in [-0.1, -0.05) is 48.5 Å². The van der Waals surface area contributed by atoms with E-state index in [1.807, 2.05) is 42.5 Å². The first-order chi connectivity index (χ1) is 18.5. The fraction of sp³-hybridized carbons (Fsp3) is 0.133. The normalized spacial score (nSPS) is 13.7. The van der Waals surface area contributed by atoms with Crippen LogP contribution in [0.4, 0.5) is 17.2 Å². The maximum Gasteiger partial charge on any atom is 0.270 e. The first-order valence-electron chi connectivity index (χ1n) is 12.6. The number of hydrogen-bond acceptors (Lipinski definition) is 6. The summed E-state index contributed by atoms with van der Waals surface area (Å²) < 4.78 is 2.10. The molecule has 2 aromatic heterocycles. The third kappa shape index (κ3) is 4.93. The number of benzene rings is 3. The minimum absolute atomic E-state index is 0. The van der Waals surface area contributed by atoms with Gasteiger partial charge in [0.25, 0.3) is 5.69 Å². The molecule has 0 amide bonds. The second-order valence-corrected chi connectivity index (χ2v) is 9.90. The molecule has 0 radical (unpaired) electrons. The van der Waals surface area contributed by atoms with Crippen molar-refractivity contribution in [3.8, 4) is 39.6 Å². The minimum Gasteiger partial charge on any atom is -0.338 e. The van der Waals surface area contributed by atoms with Crippen LogP contribution in [0.15, 0.2) is 91.1 Å². The Morgan fingerprint density at radius 1 is 0.902 bits per heavy atom. The predicted molar refractivity (Wildman–Crippen MR) is 169 cm³/mol. The van der Waals surface area contributed by atoms with Crippen molar-refractivity contribution in [3.63, 3.8) is 0 Å². The number of hydrogen-bond donors (Lipinski definition) is 2. The van der Waals surface area contributed by atoms with Crippen LogP contribution in [-0.4, -0.2) is 19.5 Å². The predicted octanol–water partition coefficient (Wildman–Crippen LogP) is 7.84. The fourth-order valence-corrected chi connectivity index (χ4v) is 5.46. The summed E-state index contributed by atoms with van der Waals surface area (Å²) in [6, 6.07) is 26.9. The lowest BCUT2D eigenvalue weighted by molar-refractivity contribution is -0.384. The first kappa shape index (κ1) is 30.0. The zero-order chi connectivity index (χ0) is 25.9. The van der Waals surface area contributed by atoms with Crippen molar-refractivity contribution >= 4 is 54.4 Å². The van der Waals surface area contributed by atoms with E-state index < -0.39 is 0 Å². The molecular formula is C30H27Cl3N6O2. The summed E-state index contributed by atoms with van der Waals surface area (Å²) in [5, 5.41) is 15.1. The summed E-state index contributed by atoms with van der Waals surface area (Å²) in [6.07, 6.45) is 4.86. The highest BCUT2D eigenvalue weighted by Gasteiger charge is 2.34. The van der Waals surface area contributed by atoms with Crippen LogP contribution in [0, 0.1) is 10.1 Å². The smallest absolute Gasteiger partial charge is 0.270 e. The number of nitro groups is 1. The molecule has 1 aliphatic heterocycles. The summed E-state index contributed by atoms with van der Waals surface area (Å²) >= 11 is 0. The number of halogens is 3. The Labute approximate surface area is 255 Å². The Bertz CT molecular complexity index is 1740. The van der Waals surface area contributed by atoms with Crippen LogP contribution in [0.3, 0.4) is 0 Å². The number of nitro benzene ring substituents is 1. The molecule has 7 rings (SSSR count). The number of anilines is 2. The van der Waals surface area contributed by atoms with E-state index in [-0.39, 0.29) is 53.4 Å². The summed E-state index contributed by atoms with van der Waals surface area (Å²) in [5.41, 5.74) is 13.2. The van der Waals surface area contributed by atoms with Crippen LogP contribution >= 0.6 is 37.2 Å². The van der Waals surface area contributed by atoms with Crippen LogP contribution in [0.2, 0.25) is 0 Å². The number of nitrogens with one attached hydrogen (secondary N) is 1. The quantitative estimate of drug-likeness (QED) is 0.156. The molecule has 3 N–H and O–H groups in total. The van der Waals surface area contributed by atoms with Gasteiger partial charge >= 0.3 is 0 Å². The van der Waals surface area contributed by atoms with Crippen molar-refractivity contribution in [1.29, 1.82) is 0 Å². The largest absolute Gasteiger partial charge is 0.338 e. The molecule has 210 valence electrons. The van der Waals surface area contributed by atoms with Crippen molar-refractivity contribution in [1.82, 2.24) is 14.5 Å². The highest BCUT2D eigenvalue weighted by atomic mass is 35.5. The van der Waals surface area contributed by atoms with E-state index in [0.29, 0.717) is 17.1 Å². The molecule has 1 saturated carbocycles. The molecule has 3 aromatic carbocycles. The van der Waals surface area contributed by atoms with Gasteiger partial charge in [0.15, 0.2) is 5.82 Å². The summed E-state index contributed by atoms with van der Waals surface area (Å²) in [7, 11) is 0. The zero-order valence-corrected chi connectivity index (χ0v) is 24.1.